The summed E-state index contributed by atoms with van der Waals surface area (Å²) in [7, 11) is -3.79. The van der Waals surface area contributed by atoms with Gasteiger partial charge >= 0.3 is 5.97 Å². The van der Waals surface area contributed by atoms with Gasteiger partial charge in [-0.05, 0) is 36.4 Å². The molecule has 0 atom stereocenters. The molecule has 1 aliphatic heterocycles. The van der Waals surface area contributed by atoms with Crippen molar-refractivity contribution in [3.05, 3.63) is 58.6 Å². The monoisotopic (exact) mass is 424 g/mol. The van der Waals surface area contributed by atoms with Gasteiger partial charge in [-0.25, -0.2) is 13.2 Å². The third kappa shape index (κ3) is 4.33. The van der Waals surface area contributed by atoms with Crippen molar-refractivity contribution in [2.45, 2.75) is 4.90 Å². The minimum absolute atomic E-state index is 0.00698. The van der Waals surface area contributed by atoms with E-state index in [-0.39, 0.29) is 39.8 Å². The second kappa shape index (κ2) is 8.27. The molecule has 1 fully saturated rings. The molecule has 1 saturated heterocycles. The van der Waals surface area contributed by atoms with Crippen molar-refractivity contribution in [3.63, 3.8) is 0 Å². The zero-order chi connectivity index (χ0) is 20.3. The van der Waals surface area contributed by atoms with Gasteiger partial charge in [-0.2, -0.15) is 4.31 Å². The van der Waals surface area contributed by atoms with E-state index in [2.05, 4.69) is 5.32 Å². The van der Waals surface area contributed by atoms with Crippen LogP contribution >= 0.6 is 11.6 Å². The van der Waals surface area contributed by atoms with Gasteiger partial charge in [0.1, 0.15) is 0 Å². The normalized spacial score (nSPS) is 15.2. The van der Waals surface area contributed by atoms with Crippen LogP contribution in [0, 0.1) is 0 Å². The SMILES string of the molecule is O=C(O)c1cccc(NC(=O)c2cc(S(=O)(=O)N3CCOCC3)ccc2Cl)c1. The predicted molar refractivity (Wildman–Crippen MR) is 102 cm³/mol. The van der Waals surface area contributed by atoms with Gasteiger partial charge in [-0.1, -0.05) is 17.7 Å². The summed E-state index contributed by atoms with van der Waals surface area (Å²) in [5.41, 5.74) is 0.228. The topological polar surface area (TPSA) is 113 Å². The first-order valence-corrected chi connectivity index (χ1v) is 10.1. The second-order valence-electron chi connectivity index (χ2n) is 6.00. The molecule has 8 nitrogen and oxygen atoms in total. The fraction of sp³-hybridized carbons (Fsp3) is 0.222. The molecule has 1 heterocycles. The molecule has 0 unspecified atom stereocenters. The van der Waals surface area contributed by atoms with E-state index in [0.29, 0.717) is 13.2 Å². The van der Waals surface area contributed by atoms with Crippen LogP contribution in [0.5, 0.6) is 0 Å². The van der Waals surface area contributed by atoms with E-state index in [1.54, 1.807) is 0 Å². The summed E-state index contributed by atoms with van der Waals surface area (Å²) in [6.45, 7) is 1.07. The summed E-state index contributed by atoms with van der Waals surface area (Å²) in [4.78, 5) is 23.6. The van der Waals surface area contributed by atoms with Crippen molar-refractivity contribution in [3.8, 4) is 0 Å². The maximum Gasteiger partial charge on any atom is 0.335 e. The van der Waals surface area contributed by atoms with E-state index in [1.807, 2.05) is 0 Å². The molecule has 2 aromatic rings. The number of nitrogens with zero attached hydrogens (tertiary/aromatic N) is 1. The van der Waals surface area contributed by atoms with E-state index < -0.39 is 21.9 Å². The van der Waals surface area contributed by atoms with Gasteiger partial charge in [-0.3, -0.25) is 4.79 Å². The van der Waals surface area contributed by atoms with Crippen LogP contribution in [0.2, 0.25) is 5.02 Å². The van der Waals surface area contributed by atoms with Crippen molar-refractivity contribution in [1.29, 1.82) is 0 Å². The molecular weight excluding hydrogens is 408 g/mol. The molecule has 0 bridgehead atoms. The van der Waals surface area contributed by atoms with E-state index >= 15 is 0 Å². The number of hydrogen-bond donors (Lipinski definition) is 2. The van der Waals surface area contributed by atoms with Crippen LogP contribution in [0.4, 0.5) is 5.69 Å². The number of rotatable bonds is 5. The molecular formula is C18H17ClN2O6S. The van der Waals surface area contributed by atoms with Crippen LogP contribution in [0.25, 0.3) is 0 Å². The largest absolute Gasteiger partial charge is 0.478 e. The molecule has 148 valence electrons. The third-order valence-corrected chi connectivity index (χ3v) is 6.38. The maximum atomic E-state index is 12.8. The number of sulfonamides is 1. The van der Waals surface area contributed by atoms with Gasteiger partial charge in [0.25, 0.3) is 5.91 Å². The first kappa shape index (κ1) is 20.3. The zero-order valence-electron chi connectivity index (χ0n) is 14.6. The zero-order valence-corrected chi connectivity index (χ0v) is 16.2. The summed E-state index contributed by atoms with van der Waals surface area (Å²) in [6, 6.07) is 9.59. The van der Waals surface area contributed by atoms with Crippen molar-refractivity contribution in [1.82, 2.24) is 4.31 Å². The van der Waals surface area contributed by atoms with Gasteiger partial charge in [0.15, 0.2) is 0 Å². The molecule has 1 amide bonds. The van der Waals surface area contributed by atoms with Gasteiger partial charge < -0.3 is 15.2 Å². The lowest BCUT2D eigenvalue weighted by atomic mass is 10.1. The minimum Gasteiger partial charge on any atom is -0.478 e. The van der Waals surface area contributed by atoms with Crippen LogP contribution in [0.3, 0.4) is 0 Å². The molecule has 2 aromatic carbocycles. The minimum atomic E-state index is -3.79. The van der Waals surface area contributed by atoms with E-state index in [4.69, 9.17) is 21.4 Å². The van der Waals surface area contributed by atoms with Crippen molar-refractivity contribution >= 4 is 39.2 Å². The van der Waals surface area contributed by atoms with E-state index in [9.17, 15) is 18.0 Å². The number of carbonyl (C=O) groups excluding carboxylic acids is 1. The van der Waals surface area contributed by atoms with E-state index in [0.717, 1.165) is 0 Å². The Morgan fingerprint density at radius 2 is 1.82 bits per heavy atom. The highest BCUT2D eigenvalue weighted by atomic mass is 35.5. The predicted octanol–water partition coefficient (Wildman–Crippen LogP) is 2.31. The maximum absolute atomic E-state index is 12.8. The first-order chi connectivity index (χ1) is 13.3. The summed E-state index contributed by atoms with van der Waals surface area (Å²) in [6.07, 6.45) is 0. The lowest BCUT2D eigenvalue weighted by molar-refractivity contribution is 0.0696. The molecule has 2 N–H and O–H groups in total. The van der Waals surface area contributed by atoms with Crippen LogP contribution in [-0.2, 0) is 14.8 Å². The van der Waals surface area contributed by atoms with Gasteiger partial charge in [-0.15, -0.1) is 0 Å². The third-order valence-electron chi connectivity index (χ3n) is 4.16. The van der Waals surface area contributed by atoms with Gasteiger partial charge in [0.2, 0.25) is 10.0 Å². The number of carboxylic acid groups (broad SMARTS) is 1. The quantitative estimate of drug-likeness (QED) is 0.761. The molecule has 10 heteroatoms. The summed E-state index contributed by atoms with van der Waals surface area (Å²) < 4.78 is 32.0. The van der Waals surface area contributed by atoms with E-state index in [1.165, 1.54) is 46.8 Å². The number of carbonyl (C=O) groups is 2. The summed E-state index contributed by atoms with van der Waals surface area (Å²) in [5, 5.41) is 11.7. The number of morpholine rings is 1. The number of hydrogen-bond acceptors (Lipinski definition) is 5. The Labute approximate surface area is 166 Å². The Hall–Kier alpha value is -2.46. The lowest BCUT2D eigenvalue weighted by Gasteiger charge is -2.26. The second-order valence-corrected chi connectivity index (χ2v) is 8.34. The number of carboxylic acids is 1. The number of aromatic carboxylic acids is 1. The number of anilines is 1. The molecule has 1 aliphatic rings. The Morgan fingerprint density at radius 1 is 1.11 bits per heavy atom. The van der Waals surface area contributed by atoms with Crippen LogP contribution in [0.15, 0.2) is 47.4 Å². The van der Waals surface area contributed by atoms with Crippen molar-refractivity contribution < 1.29 is 27.9 Å². The Morgan fingerprint density at radius 3 is 2.50 bits per heavy atom. The first-order valence-electron chi connectivity index (χ1n) is 8.31. The fourth-order valence-corrected chi connectivity index (χ4v) is 4.34. The average Bonchev–Trinajstić information content (AvgIpc) is 2.69. The number of halogens is 1. The highest BCUT2D eigenvalue weighted by molar-refractivity contribution is 7.89. The van der Waals surface area contributed by atoms with Crippen molar-refractivity contribution in [2.24, 2.45) is 0 Å². The molecule has 0 saturated carbocycles. The highest BCUT2D eigenvalue weighted by Crippen LogP contribution is 2.24. The average molecular weight is 425 g/mol. The highest BCUT2D eigenvalue weighted by Gasteiger charge is 2.27. The molecule has 0 radical (unpaired) electrons. The number of ether oxygens (including phenoxy) is 1. The molecule has 0 aromatic heterocycles. The Balaban J connectivity index is 1.88. The van der Waals surface area contributed by atoms with Gasteiger partial charge in [0.05, 0.1) is 34.3 Å². The molecule has 3 rings (SSSR count). The molecule has 28 heavy (non-hydrogen) atoms. The van der Waals surface area contributed by atoms with Crippen LogP contribution in [0.1, 0.15) is 20.7 Å². The fourth-order valence-electron chi connectivity index (χ4n) is 2.70. The van der Waals surface area contributed by atoms with Crippen LogP contribution in [-0.4, -0.2) is 56.0 Å². The summed E-state index contributed by atoms with van der Waals surface area (Å²) in [5.74, 6) is -1.78. The summed E-state index contributed by atoms with van der Waals surface area (Å²) >= 11 is 6.09. The molecule has 0 aliphatic carbocycles. The number of nitrogens with one attached hydrogen (secondary N) is 1. The van der Waals surface area contributed by atoms with Crippen molar-refractivity contribution in [2.75, 3.05) is 31.6 Å². The standard InChI is InChI=1S/C18H17ClN2O6S/c19-16-5-4-14(28(25,26)21-6-8-27-9-7-21)11-15(16)17(22)20-13-3-1-2-12(10-13)18(23)24/h1-5,10-11H,6-9H2,(H,20,22)(H,23,24). The number of amides is 1. The lowest BCUT2D eigenvalue weighted by Crippen LogP contribution is -2.40. The Kier molecular flexibility index (Phi) is 5.99. The van der Waals surface area contributed by atoms with Gasteiger partial charge in [0, 0.05) is 18.8 Å². The van der Waals surface area contributed by atoms with Crippen LogP contribution < -0.4 is 5.32 Å². The number of benzene rings is 2. The Bertz CT molecular complexity index is 1020. The smallest absolute Gasteiger partial charge is 0.335 e. The molecule has 0 spiro atoms.